The minimum Gasteiger partial charge on any atom is -0.478 e. The third-order valence-corrected chi connectivity index (χ3v) is 7.78. The second-order valence-electron chi connectivity index (χ2n) is 9.51. The number of anilines is 2. The van der Waals surface area contributed by atoms with Crippen molar-refractivity contribution in [1.82, 2.24) is 4.98 Å². The number of carboxylic acids is 1. The molecule has 1 atom stereocenters. The lowest BCUT2D eigenvalue weighted by molar-refractivity contribution is 0.0696. The number of benzene rings is 2. The van der Waals surface area contributed by atoms with Crippen LogP contribution >= 0.6 is 23.2 Å². The van der Waals surface area contributed by atoms with Gasteiger partial charge in [-0.25, -0.2) is 18.6 Å². The molecule has 1 fully saturated rings. The maximum atomic E-state index is 14.2. The molecule has 0 amide bonds. The van der Waals surface area contributed by atoms with Crippen LogP contribution in [-0.4, -0.2) is 22.7 Å². The summed E-state index contributed by atoms with van der Waals surface area (Å²) >= 11 is 12.5. The van der Waals surface area contributed by atoms with Crippen LogP contribution in [0.15, 0.2) is 48.7 Å². The SMILES string of the molecule is O=C(O)c1cnc(OCC(C2CCCCC2)C2(c3ccc(Cl)cc3)Nc3cc(F)c(F)cc3N2)c(Cl)c1. The Morgan fingerprint density at radius 2 is 1.68 bits per heavy atom. The summed E-state index contributed by atoms with van der Waals surface area (Å²) in [6, 6.07) is 10.9. The van der Waals surface area contributed by atoms with Gasteiger partial charge in [0.15, 0.2) is 11.6 Å². The molecular weight excluding hydrogens is 523 g/mol. The first-order chi connectivity index (χ1) is 17.8. The lowest BCUT2D eigenvalue weighted by atomic mass is 9.72. The molecule has 194 valence electrons. The first kappa shape index (κ1) is 25.5. The molecule has 2 aliphatic rings. The van der Waals surface area contributed by atoms with Crippen molar-refractivity contribution in [2.24, 2.45) is 11.8 Å². The van der Waals surface area contributed by atoms with E-state index in [1.54, 1.807) is 12.1 Å². The Morgan fingerprint density at radius 1 is 1.05 bits per heavy atom. The molecule has 0 saturated heterocycles. The van der Waals surface area contributed by atoms with E-state index in [9.17, 15) is 18.7 Å². The van der Waals surface area contributed by atoms with Gasteiger partial charge < -0.3 is 20.5 Å². The van der Waals surface area contributed by atoms with E-state index in [1.807, 2.05) is 12.1 Å². The Kier molecular flexibility index (Phi) is 7.14. The molecule has 3 aromatic rings. The lowest BCUT2D eigenvalue weighted by Gasteiger charge is -2.44. The van der Waals surface area contributed by atoms with E-state index in [0.717, 1.165) is 49.8 Å². The van der Waals surface area contributed by atoms with E-state index in [2.05, 4.69) is 15.6 Å². The summed E-state index contributed by atoms with van der Waals surface area (Å²) in [7, 11) is 0. The van der Waals surface area contributed by atoms with Crippen LogP contribution in [0.3, 0.4) is 0 Å². The number of carbonyl (C=O) groups is 1. The second-order valence-corrected chi connectivity index (χ2v) is 10.4. The number of nitrogens with zero attached hydrogens (tertiary/aromatic N) is 1. The maximum Gasteiger partial charge on any atom is 0.337 e. The number of aromatic nitrogens is 1. The number of carboxylic acid groups (broad SMARTS) is 1. The maximum absolute atomic E-state index is 14.2. The van der Waals surface area contributed by atoms with Gasteiger partial charge in [-0.3, -0.25) is 0 Å². The highest BCUT2D eigenvalue weighted by molar-refractivity contribution is 6.32. The van der Waals surface area contributed by atoms with Gasteiger partial charge in [0, 0.05) is 29.3 Å². The summed E-state index contributed by atoms with van der Waals surface area (Å²) < 4.78 is 34.5. The van der Waals surface area contributed by atoms with E-state index < -0.39 is 23.3 Å². The molecule has 0 spiro atoms. The van der Waals surface area contributed by atoms with E-state index in [0.29, 0.717) is 16.4 Å². The van der Waals surface area contributed by atoms with Crippen LogP contribution in [0.2, 0.25) is 10.0 Å². The molecule has 5 rings (SSSR count). The fraction of sp³-hybridized carbons (Fsp3) is 0.333. The van der Waals surface area contributed by atoms with Gasteiger partial charge in [-0.1, -0.05) is 54.6 Å². The highest BCUT2D eigenvalue weighted by Gasteiger charge is 2.49. The molecule has 2 heterocycles. The van der Waals surface area contributed by atoms with E-state index in [-0.39, 0.29) is 34.9 Å². The predicted octanol–water partition coefficient (Wildman–Crippen LogP) is 7.33. The summed E-state index contributed by atoms with van der Waals surface area (Å²) in [5.74, 6) is -2.94. The number of fused-ring (bicyclic) bond motifs is 1. The van der Waals surface area contributed by atoms with Gasteiger partial charge in [0.1, 0.15) is 10.7 Å². The van der Waals surface area contributed by atoms with Crippen LogP contribution in [0.25, 0.3) is 0 Å². The van der Waals surface area contributed by atoms with E-state index in [1.165, 1.54) is 12.3 Å². The Balaban J connectivity index is 1.55. The van der Waals surface area contributed by atoms with Crippen molar-refractivity contribution in [3.63, 3.8) is 0 Å². The zero-order chi connectivity index (χ0) is 26.2. The zero-order valence-corrected chi connectivity index (χ0v) is 21.3. The fourth-order valence-corrected chi connectivity index (χ4v) is 5.78. The fourth-order valence-electron chi connectivity index (χ4n) is 5.43. The number of hydrogen-bond acceptors (Lipinski definition) is 5. The van der Waals surface area contributed by atoms with Crippen molar-refractivity contribution >= 4 is 40.5 Å². The van der Waals surface area contributed by atoms with Crippen molar-refractivity contribution in [1.29, 1.82) is 0 Å². The van der Waals surface area contributed by atoms with Crippen LogP contribution in [0.1, 0.15) is 48.0 Å². The second kappa shape index (κ2) is 10.3. The number of pyridine rings is 1. The quantitative estimate of drug-likeness (QED) is 0.287. The van der Waals surface area contributed by atoms with E-state index >= 15 is 0 Å². The van der Waals surface area contributed by atoms with Crippen LogP contribution in [-0.2, 0) is 5.66 Å². The number of rotatable bonds is 7. The highest BCUT2D eigenvalue weighted by Crippen LogP contribution is 2.49. The molecule has 2 aromatic carbocycles. The molecular formula is C27H25Cl2F2N3O3. The monoisotopic (exact) mass is 547 g/mol. The third-order valence-electron chi connectivity index (χ3n) is 7.25. The summed E-state index contributed by atoms with van der Waals surface area (Å²) in [6.07, 6.45) is 6.34. The molecule has 0 radical (unpaired) electrons. The van der Waals surface area contributed by atoms with Gasteiger partial charge in [-0.2, -0.15) is 0 Å². The van der Waals surface area contributed by atoms with Gasteiger partial charge in [0.25, 0.3) is 0 Å². The minimum atomic E-state index is -1.14. The average molecular weight is 548 g/mol. The first-order valence-corrected chi connectivity index (χ1v) is 12.9. The minimum absolute atomic E-state index is 0.0440. The van der Waals surface area contributed by atoms with Crippen LogP contribution in [0.5, 0.6) is 5.88 Å². The molecule has 1 unspecified atom stereocenters. The number of ether oxygens (including phenoxy) is 1. The van der Waals surface area contributed by atoms with Crippen molar-refractivity contribution in [2.75, 3.05) is 17.2 Å². The Hall–Kier alpha value is -3.10. The number of hydrogen-bond donors (Lipinski definition) is 3. The third kappa shape index (κ3) is 5.05. The normalized spacial score (nSPS) is 17.4. The smallest absolute Gasteiger partial charge is 0.337 e. The van der Waals surface area contributed by atoms with Gasteiger partial charge in [-0.15, -0.1) is 0 Å². The molecule has 3 N–H and O–H groups in total. The molecule has 0 bridgehead atoms. The number of aromatic carboxylic acids is 1. The highest BCUT2D eigenvalue weighted by atomic mass is 35.5. The summed E-state index contributed by atoms with van der Waals surface area (Å²) in [4.78, 5) is 15.4. The van der Waals surface area contributed by atoms with Crippen LogP contribution < -0.4 is 15.4 Å². The number of halogens is 4. The molecule has 6 nitrogen and oxygen atoms in total. The summed E-state index contributed by atoms with van der Waals surface area (Å²) in [6.45, 7) is 0.158. The van der Waals surface area contributed by atoms with Crippen molar-refractivity contribution in [3.8, 4) is 5.88 Å². The Labute approximate surface area is 223 Å². The molecule has 10 heteroatoms. The zero-order valence-electron chi connectivity index (χ0n) is 19.7. The largest absolute Gasteiger partial charge is 0.478 e. The topological polar surface area (TPSA) is 83.5 Å². The summed E-state index contributed by atoms with van der Waals surface area (Å²) in [5.41, 5.74) is 0.696. The molecule has 1 aliphatic heterocycles. The first-order valence-electron chi connectivity index (χ1n) is 12.1. The van der Waals surface area contributed by atoms with Crippen molar-refractivity contribution in [2.45, 2.75) is 37.8 Å². The average Bonchev–Trinajstić information content (AvgIpc) is 3.25. The van der Waals surface area contributed by atoms with Crippen molar-refractivity contribution < 1.29 is 23.4 Å². The van der Waals surface area contributed by atoms with Crippen molar-refractivity contribution in [3.05, 3.63) is 81.5 Å². The Bertz CT molecular complexity index is 1290. The van der Waals surface area contributed by atoms with Gasteiger partial charge >= 0.3 is 5.97 Å². The van der Waals surface area contributed by atoms with Crippen LogP contribution in [0, 0.1) is 23.5 Å². The summed E-state index contributed by atoms with van der Waals surface area (Å²) in [5, 5.41) is 16.8. The Morgan fingerprint density at radius 3 is 2.24 bits per heavy atom. The van der Waals surface area contributed by atoms with Crippen LogP contribution in [0.4, 0.5) is 20.2 Å². The molecule has 1 aliphatic carbocycles. The van der Waals surface area contributed by atoms with E-state index in [4.69, 9.17) is 27.9 Å². The standard InChI is InChI=1S/C27H25Cl2F2N3O3/c28-18-8-6-17(7-9-18)27(33-23-11-21(30)22(31)12-24(23)34-27)19(15-4-2-1-3-5-15)14-37-25-20(29)10-16(13-32-25)26(35)36/h6-13,15,19,33-34H,1-5,14H2,(H,35,36). The molecule has 37 heavy (non-hydrogen) atoms. The van der Waals surface area contributed by atoms with Gasteiger partial charge in [0.05, 0.1) is 23.5 Å². The molecule has 1 saturated carbocycles. The number of nitrogens with one attached hydrogen (secondary N) is 2. The van der Waals surface area contributed by atoms with Gasteiger partial charge in [-0.05, 0) is 42.5 Å². The lowest BCUT2D eigenvalue weighted by Crippen LogP contribution is -2.51. The predicted molar refractivity (Wildman–Crippen MR) is 138 cm³/mol. The van der Waals surface area contributed by atoms with Gasteiger partial charge in [0.2, 0.25) is 5.88 Å². The molecule has 1 aromatic heterocycles.